The van der Waals surface area contributed by atoms with Gasteiger partial charge in [-0.15, -0.1) is 0 Å². The van der Waals surface area contributed by atoms with Crippen molar-refractivity contribution in [1.29, 1.82) is 0 Å². The molecule has 0 bridgehead atoms. The number of hydrogen-bond donors (Lipinski definition) is 26. The Bertz CT molecular complexity index is 1510. The second-order valence-electron chi connectivity index (χ2n) is 16.6. The summed E-state index contributed by atoms with van der Waals surface area (Å²) in [7, 11) is 0. The van der Waals surface area contributed by atoms with Crippen molar-refractivity contribution >= 4 is 75.5 Å². The first-order chi connectivity index (χ1) is 32.7. The van der Waals surface area contributed by atoms with E-state index < -0.39 is 224 Å². The van der Waals surface area contributed by atoms with Gasteiger partial charge in [-0.05, 0) is 0 Å². The summed E-state index contributed by atoms with van der Waals surface area (Å²) >= 11 is 0. The van der Waals surface area contributed by atoms with Crippen LogP contribution in [0.2, 0.25) is 0 Å². The van der Waals surface area contributed by atoms with E-state index in [1.165, 1.54) is 0 Å². The minimum Gasteiger partial charge on any atom is -1.00 e. The van der Waals surface area contributed by atoms with Crippen LogP contribution in [-0.2, 0) is 37.9 Å². The van der Waals surface area contributed by atoms with Crippen LogP contribution in [0.4, 0.5) is 0 Å². The van der Waals surface area contributed by atoms with E-state index in [4.69, 9.17) is 89.7 Å². The van der Waals surface area contributed by atoms with Crippen LogP contribution < -0.4 is 0 Å². The molecule has 0 saturated carbocycles. The third kappa shape index (κ3) is 16.4. The second kappa shape index (κ2) is 31.8. The zero-order valence-electron chi connectivity index (χ0n) is 42.0. The maximum absolute atomic E-state index is 10.00. The molecule has 0 aromatic carbocycles. The Morgan fingerprint density at radius 3 is 1.10 bits per heavy atom. The molecule has 0 amide bonds. The zero-order valence-corrected chi connectivity index (χ0v) is 42.4. The van der Waals surface area contributed by atoms with E-state index in [9.17, 15) is 71.5 Å². The SMILES string of the molecule is OC[C@H]1OC(O)[C@H](O)[C@@H](O)[C@@H]1O.OC[C@H]1O[C@@H](O[C@H]2[C@H](O)[C@@H](O)C(O)O[C@@H]2CO)[C@H](O)[C@@H](O)[C@H]1O.OC[C@H]1O[C@@](CO)(O[C@H]2O[C@H](CO)[C@@H](O)[C@H](O)[C@H]2O)[C@@H](O)[C@@H]1O.OC[C@H]1O[C@](O)(CO)[C@@H](O)[C@@H]1O.[Ca+2].[Ca+2].[H-].[H-].[H-].[H-]. The quantitative estimate of drug-likeness (QED) is 0.0807. The summed E-state index contributed by atoms with van der Waals surface area (Å²) in [6.07, 6.45) is -39.3. The molecule has 34 nitrogen and oxygen atoms in total. The molecule has 6 saturated heterocycles. The third-order valence-corrected chi connectivity index (χ3v) is 11.8. The van der Waals surface area contributed by atoms with E-state index in [0.29, 0.717) is 0 Å². The Morgan fingerprint density at radius 1 is 0.347 bits per heavy atom. The second-order valence-corrected chi connectivity index (χ2v) is 16.6. The number of ether oxygens (including phenoxy) is 8. The maximum Gasteiger partial charge on any atom is 2.00 e. The van der Waals surface area contributed by atoms with E-state index in [1.54, 1.807) is 0 Å². The molecule has 28 atom stereocenters. The fraction of sp³-hybridized carbons (Fsp3) is 1.00. The van der Waals surface area contributed by atoms with E-state index in [-0.39, 0.29) is 81.2 Å². The Kier molecular flexibility index (Phi) is 31.5. The van der Waals surface area contributed by atoms with Crippen LogP contribution in [0.1, 0.15) is 5.71 Å². The Morgan fingerprint density at radius 2 is 0.708 bits per heavy atom. The standard InChI is InChI=1S/2C12H22O11.2C6H12O6.2Ca.4H/c13-1-4-6(16)8(18)9(19)11(21-4)23-12(3-15)10(20)7(17)5(2-14)22-12;13-1-3-5(15)6(16)9(19)12(22-3)23-10-4(2-14)21-11(20)8(18)7(10)17;7-1-3-4(9)5(10)6(11,2-8)12-3;7-1-2-3(8)4(9)5(10)6(11)12-2;;;;;;/h4-11,13-20H,1-3H2;3-20H,1-2H2;3-5,7-11H,1-2H2;2-11H,1H2;;;;;;/q;;;;2*+2;4*-1/t4-,5-,6-,7-,8+,9-,10+,11-,12+;3-,4-,5+,6+,7-,8-,9-,10-,11?,12+;3-,4-,5+,6-;2-,3-,4+,5-,6?;;;;;;/m1111....../s1. The van der Waals surface area contributed by atoms with Crippen molar-refractivity contribution in [2.45, 2.75) is 171 Å². The monoisotopic (exact) mass is 1130 g/mol. The molecule has 0 aromatic heterocycles. The van der Waals surface area contributed by atoms with Crippen molar-refractivity contribution in [2.24, 2.45) is 0 Å². The van der Waals surface area contributed by atoms with Gasteiger partial charge < -0.3 is 176 Å². The molecule has 0 aliphatic carbocycles. The van der Waals surface area contributed by atoms with Crippen molar-refractivity contribution in [3.63, 3.8) is 0 Å². The van der Waals surface area contributed by atoms with Gasteiger partial charge >= 0.3 is 75.5 Å². The third-order valence-electron chi connectivity index (χ3n) is 11.8. The molecule has 6 rings (SSSR count). The topological polar surface area (TPSA) is 600 Å². The summed E-state index contributed by atoms with van der Waals surface area (Å²) < 4.78 is 39.9. The van der Waals surface area contributed by atoms with Gasteiger partial charge in [-0.2, -0.15) is 0 Å². The first-order valence-corrected chi connectivity index (χ1v) is 21.2. The van der Waals surface area contributed by atoms with Crippen LogP contribution in [0, 0.1) is 0 Å². The number of rotatable bonds is 12. The molecule has 424 valence electrons. The summed E-state index contributed by atoms with van der Waals surface area (Å²) in [6, 6.07) is 0. The van der Waals surface area contributed by atoms with Crippen molar-refractivity contribution < 1.29 is 176 Å². The fourth-order valence-corrected chi connectivity index (χ4v) is 7.43. The fourth-order valence-electron chi connectivity index (χ4n) is 7.43. The minimum atomic E-state index is -2.22. The normalized spacial score (nSPS) is 49.1. The average molecular weight is 1130 g/mol. The summed E-state index contributed by atoms with van der Waals surface area (Å²) in [6.45, 7) is -5.55. The van der Waals surface area contributed by atoms with Crippen LogP contribution in [0.5, 0.6) is 0 Å². The predicted molar refractivity (Wildman–Crippen MR) is 225 cm³/mol. The summed E-state index contributed by atoms with van der Waals surface area (Å²) in [5.41, 5.74) is 0. The van der Waals surface area contributed by atoms with Gasteiger partial charge in [-0.25, -0.2) is 0 Å². The predicted octanol–water partition coefficient (Wildman–Crippen LogP) is -17.5. The van der Waals surface area contributed by atoms with Gasteiger partial charge in [0.1, 0.15) is 141 Å². The smallest absolute Gasteiger partial charge is 1.00 e. The number of hydrogen-bond acceptors (Lipinski definition) is 34. The van der Waals surface area contributed by atoms with E-state index in [0.717, 1.165) is 0 Å². The Hall–Kier alpha value is 1.16. The first kappa shape index (κ1) is 71.2. The van der Waals surface area contributed by atoms with Gasteiger partial charge in [0, 0.05) is 0 Å². The van der Waals surface area contributed by atoms with Gasteiger partial charge in [0.05, 0.1) is 46.2 Å². The molecular formula is C36H72Ca2O34. The molecule has 0 radical (unpaired) electrons. The molecule has 6 heterocycles. The van der Waals surface area contributed by atoms with Crippen molar-refractivity contribution in [2.75, 3.05) is 52.9 Å². The molecule has 6 aliphatic heterocycles. The zero-order chi connectivity index (χ0) is 53.3. The van der Waals surface area contributed by atoms with Crippen molar-refractivity contribution in [1.82, 2.24) is 0 Å². The van der Waals surface area contributed by atoms with Crippen LogP contribution in [0.25, 0.3) is 0 Å². The molecule has 6 aliphatic rings. The van der Waals surface area contributed by atoms with Crippen LogP contribution in [0.15, 0.2) is 0 Å². The largest absolute Gasteiger partial charge is 2.00 e. The van der Waals surface area contributed by atoms with E-state index >= 15 is 0 Å². The van der Waals surface area contributed by atoms with Crippen LogP contribution in [-0.4, -0.2) is 432 Å². The van der Waals surface area contributed by atoms with E-state index in [1.807, 2.05) is 0 Å². The van der Waals surface area contributed by atoms with Gasteiger partial charge in [-0.1, -0.05) is 0 Å². The molecule has 26 N–H and O–H groups in total. The Balaban J connectivity index is -0.000000461. The molecule has 36 heteroatoms. The molecular weight excluding hydrogens is 1060 g/mol. The average Bonchev–Trinajstić information content (AvgIpc) is 3.74. The molecule has 2 unspecified atom stereocenters. The van der Waals surface area contributed by atoms with Crippen molar-refractivity contribution in [3.05, 3.63) is 0 Å². The first-order valence-electron chi connectivity index (χ1n) is 21.2. The summed E-state index contributed by atoms with van der Waals surface area (Å²) in [4.78, 5) is 0. The van der Waals surface area contributed by atoms with Gasteiger partial charge in [0.25, 0.3) is 0 Å². The summed E-state index contributed by atoms with van der Waals surface area (Å²) in [5, 5.41) is 242. The molecule has 6 fully saturated rings. The van der Waals surface area contributed by atoms with Crippen molar-refractivity contribution in [3.8, 4) is 0 Å². The van der Waals surface area contributed by atoms with Gasteiger partial charge in [0.2, 0.25) is 11.6 Å². The van der Waals surface area contributed by atoms with E-state index in [2.05, 4.69) is 9.47 Å². The molecule has 0 aromatic rings. The minimum absolute atomic E-state index is 0. The molecule has 0 spiro atoms. The summed E-state index contributed by atoms with van der Waals surface area (Å²) in [5.74, 6) is -4.38. The Labute approximate surface area is 472 Å². The number of aliphatic hydroxyl groups excluding tert-OH is 25. The van der Waals surface area contributed by atoms with Gasteiger partial charge in [-0.3, -0.25) is 0 Å². The maximum atomic E-state index is 10.00. The van der Waals surface area contributed by atoms with Gasteiger partial charge in [0.15, 0.2) is 25.2 Å². The van der Waals surface area contributed by atoms with Crippen LogP contribution in [0.3, 0.4) is 0 Å². The number of aliphatic hydroxyl groups is 26. The van der Waals surface area contributed by atoms with Crippen LogP contribution >= 0.6 is 0 Å². The molecule has 72 heavy (non-hydrogen) atoms.